The molecule has 0 fully saturated rings. The van der Waals surface area contributed by atoms with Crippen molar-refractivity contribution in [3.8, 4) is 22.8 Å². The van der Waals surface area contributed by atoms with Gasteiger partial charge in [0.15, 0.2) is 0 Å². The molecule has 4 aromatic rings. The van der Waals surface area contributed by atoms with Crippen molar-refractivity contribution in [1.29, 1.82) is 0 Å². The Morgan fingerprint density at radius 3 is 2.52 bits per heavy atom. The van der Waals surface area contributed by atoms with Gasteiger partial charge in [-0.3, -0.25) is 0 Å². The summed E-state index contributed by atoms with van der Waals surface area (Å²) in [4.78, 5) is 15.4. The average molecular weight is 275 g/mol. The fraction of sp³-hybridized carbons (Fsp3) is 0. The van der Waals surface area contributed by atoms with Crippen molar-refractivity contribution in [1.82, 2.24) is 19.9 Å². The van der Waals surface area contributed by atoms with Gasteiger partial charge < -0.3 is 15.7 Å². The van der Waals surface area contributed by atoms with Crippen molar-refractivity contribution >= 4 is 16.7 Å². The lowest BCUT2D eigenvalue weighted by Gasteiger charge is -2.04. The minimum atomic E-state index is 0.719. The van der Waals surface area contributed by atoms with Crippen LogP contribution >= 0.6 is 0 Å². The highest BCUT2D eigenvalue weighted by atomic mass is 14.9. The zero-order chi connectivity index (χ0) is 14.2. The van der Waals surface area contributed by atoms with E-state index in [2.05, 4.69) is 19.9 Å². The standard InChI is InChI=1S/C16H13N5/c17-10-5-6-13-14(9-10)21-16(20-13)12-4-2-1-3-11(12)15-18-7-8-19-15/h1-9H,17H2,(H,18,19)(H,20,21). The number of fused-ring (bicyclic) bond motifs is 1. The summed E-state index contributed by atoms with van der Waals surface area (Å²) in [6.07, 6.45) is 3.55. The molecule has 0 unspecified atom stereocenters. The van der Waals surface area contributed by atoms with Gasteiger partial charge >= 0.3 is 0 Å². The number of benzene rings is 2. The molecule has 0 aliphatic carbocycles. The Kier molecular flexibility index (Phi) is 2.50. The number of imidazole rings is 2. The highest BCUT2D eigenvalue weighted by Gasteiger charge is 2.12. The van der Waals surface area contributed by atoms with Gasteiger partial charge in [-0.25, -0.2) is 9.97 Å². The van der Waals surface area contributed by atoms with Gasteiger partial charge in [0.05, 0.1) is 11.0 Å². The number of H-pyrrole nitrogens is 2. The fourth-order valence-electron chi connectivity index (χ4n) is 2.46. The summed E-state index contributed by atoms with van der Waals surface area (Å²) < 4.78 is 0. The van der Waals surface area contributed by atoms with Crippen molar-refractivity contribution < 1.29 is 0 Å². The number of aromatic nitrogens is 4. The zero-order valence-electron chi connectivity index (χ0n) is 11.2. The first kappa shape index (κ1) is 11.7. The molecule has 2 aromatic heterocycles. The summed E-state index contributed by atoms with van der Waals surface area (Å²) in [7, 11) is 0. The summed E-state index contributed by atoms with van der Waals surface area (Å²) in [5, 5.41) is 0. The van der Waals surface area contributed by atoms with Gasteiger partial charge in [0, 0.05) is 29.2 Å². The molecule has 5 nitrogen and oxygen atoms in total. The van der Waals surface area contributed by atoms with Gasteiger partial charge in [-0.05, 0) is 18.2 Å². The Morgan fingerprint density at radius 2 is 1.76 bits per heavy atom. The maximum absolute atomic E-state index is 5.82. The maximum Gasteiger partial charge on any atom is 0.139 e. The third kappa shape index (κ3) is 1.95. The van der Waals surface area contributed by atoms with E-state index in [9.17, 15) is 0 Å². The number of nitrogens with zero attached hydrogens (tertiary/aromatic N) is 2. The second-order valence-electron chi connectivity index (χ2n) is 4.85. The maximum atomic E-state index is 5.82. The Labute approximate surface area is 120 Å². The third-order valence-electron chi connectivity index (χ3n) is 3.44. The van der Waals surface area contributed by atoms with E-state index in [1.54, 1.807) is 6.20 Å². The van der Waals surface area contributed by atoms with Crippen LogP contribution in [0.5, 0.6) is 0 Å². The van der Waals surface area contributed by atoms with Crippen molar-refractivity contribution in [2.75, 3.05) is 5.73 Å². The van der Waals surface area contributed by atoms with Crippen molar-refractivity contribution in [2.45, 2.75) is 0 Å². The molecule has 5 heteroatoms. The number of rotatable bonds is 2. The van der Waals surface area contributed by atoms with Crippen molar-refractivity contribution in [3.63, 3.8) is 0 Å². The molecule has 0 spiro atoms. The highest BCUT2D eigenvalue weighted by Crippen LogP contribution is 2.29. The van der Waals surface area contributed by atoms with Crippen LogP contribution in [-0.2, 0) is 0 Å². The van der Waals surface area contributed by atoms with Gasteiger partial charge in [0.1, 0.15) is 11.6 Å². The first-order chi connectivity index (χ1) is 10.3. The van der Waals surface area contributed by atoms with E-state index >= 15 is 0 Å². The number of aromatic amines is 2. The van der Waals surface area contributed by atoms with Gasteiger partial charge in [-0.2, -0.15) is 0 Å². The molecule has 21 heavy (non-hydrogen) atoms. The van der Waals surface area contributed by atoms with E-state index < -0.39 is 0 Å². The van der Waals surface area contributed by atoms with Crippen LogP contribution in [-0.4, -0.2) is 19.9 Å². The highest BCUT2D eigenvalue weighted by molar-refractivity contribution is 5.85. The molecule has 0 amide bonds. The summed E-state index contributed by atoms with van der Waals surface area (Å²) in [6, 6.07) is 13.7. The topological polar surface area (TPSA) is 83.4 Å². The number of hydrogen-bond donors (Lipinski definition) is 3. The molecule has 0 radical (unpaired) electrons. The van der Waals surface area contributed by atoms with E-state index in [-0.39, 0.29) is 0 Å². The molecular formula is C16H13N5. The first-order valence-corrected chi connectivity index (χ1v) is 6.66. The van der Waals surface area contributed by atoms with Gasteiger partial charge in [0.2, 0.25) is 0 Å². The summed E-state index contributed by atoms with van der Waals surface area (Å²) in [6.45, 7) is 0. The monoisotopic (exact) mass is 275 g/mol. The lowest BCUT2D eigenvalue weighted by Crippen LogP contribution is -1.88. The van der Waals surface area contributed by atoms with E-state index in [0.717, 1.165) is 39.5 Å². The Balaban J connectivity index is 1.93. The van der Waals surface area contributed by atoms with Crippen LogP contribution in [0.25, 0.3) is 33.8 Å². The number of nitrogens with one attached hydrogen (secondary N) is 2. The molecule has 0 aliphatic rings. The minimum Gasteiger partial charge on any atom is -0.399 e. The predicted molar refractivity (Wildman–Crippen MR) is 83.5 cm³/mol. The molecule has 0 atom stereocenters. The minimum absolute atomic E-state index is 0.719. The van der Waals surface area contributed by atoms with Crippen LogP contribution in [0.4, 0.5) is 5.69 Å². The second-order valence-corrected chi connectivity index (χ2v) is 4.85. The second kappa shape index (κ2) is 4.49. The largest absolute Gasteiger partial charge is 0.399 e. The molecule has 2 aromatic carbocycles. The molecule has 0 saturated heterocycles. The van der Waals surface area contributed by atoms with E-state index in [1.807, 2.05) is 48.7 Å². The van der Waals surface area contributed by atoms with E-state index in [0.29, 0.717) is 0 Å². The lowest BCUT2D eigenvalue weighted by molar-refractivity contribution is 1.28. The average Bonchev–Trinajstić information content (AvgIpc) is 3.16. The number of nitrogen functional groups attached to an aromatic ring is 1. The molecule has 2 heterocycles. The fourth-order valence-corrected chi connectivity index (χ4v) is 2.46. The third-order valence-corrected chi connectivity index (χ3v) is 3.44. The quantitative estimate of drug-likeness (QED) is 0.491. The smallest absolute Gasteiger partial charge is 0.139 e. The van der Waals surface area contributed by atoms with Crippen LogP contribution < -0.4 is 5.73 Å². The molecule has 102 valence electrons. The predicted octanol–water partition coefficient (Wildman–Crippen LogP) is 3.20. The zero-order valence-corrected chi connectivity index (χ0v) is 11.2. The van der Waals surface area contributed by atoms with Crippen LogP contribution in [0.15, 0.2) is 54.9 Å². The molecule has 0 saturated carbocycles. The number of anilines is 1. The van der Waals surface area contributed by atoms with Crippen LogP contribution in [0, 0.1) is 0 Å². The van der Waals surface area contributed by atoms with Gasteiger partial charge in [-0.15, -0.1) is 0 Å². The summed E-state index contributed by atoms with van der Waals surface area (Å²) in [5.74, 6) is 1.63. The Bertz CT molecular complexity index is 905. The number of hydrogen-bond acceptors (Lipinski definition) is 3. The first-order valence-electron chi connectivity index (χ1n) is 6.66. The SMILES string of the molecule is Nc1ccc2nc(-c3ccccc3-c3ncc[nH]3)[nH]c2c1. The summed E-state index contributed by atoms with van der Waals surface area (Å²) in [5.41, 5.74) is 10.4. The van der Waals surface area contributed by atoms with Gasteiger partial charge in [0.25, 0.3) is 0 Å². The lowest BCUT2D eigenvalue weighted by atomic mass is 10.1. The number of nitrogens with two attached hydrogens (primary N) is 1. The van der Waals surface area contributed by atoms with Crippen LogP contribution in [0.2, 0.25) is 0 Å². The molecule has 4 N–H and O–H groups in total. The van der Waals surface area contributed by atoms with E-state index in [1.165, 1.54) is 0 Å². The summed E-state index contributed by atoms with van der Waals surface area (Å²) >= 11 is 0. The normalized spacial score (nSPS) is 11.0. The van der Waals surface area contributed by atoms with Gasteiger partial charge in [-0.1, -0.05) is 24.3 Å². The van der Waals surface area contributed by atoms with E-state index in [4.69, 9.17) is 5.73 Å². The van der Waals surface area contributed by atoms with Crippen molar-refractivity contribution in [3.05, 3.63) is 54.9 Å². The molecule has 4 rings (SSSR count). The van der Waals surface area contributed by atoms with Crippen molar-refractivity contribution in [2.24, 2.45) is 0 Å². The Morgan fingerprint density at radius 1 is 0.952 bits per heavy atom. The molecule has 0 aliphatic heterocycles. The molecular weight excluding hydrogens is 262 g/mol. The Hall–Kier alpha value is -3.08. The molecule has 0 bridgehead atoms. The van der Waals surface area contributed by atoms with Crippen LogP contribution in [0.1, 0.15) is 0 Å². The van der Waals surface area contributed by atoms with Crippen LogP contribution in [0.3, 0.4) is 0 Å².